The van der Waals surface area contributed by atoms with E-state index in [0.29, 0.717) is 25.2 Å². The van der Waals surface area contributed by atoms with Crippen LogP contribution in [0.4, 0.5) is 4.39 Å². The Hall–Kier alpha value is -0.970. The van der Waals surface area contributed by atoms with E-state index in [0.717, 1.165) is 0 Å². The molecule has 0 aromatic carbocycles. The molecule has 1 unspecified atom stereocenters. The molecular formula is C7H11FN4. The fraction of sp³-hybridized carbons (Fsp3) is 0.714. The highest BCUT2D eigenvalue weighted by molar-refractivity contribution is 5.10. The van der Waals surface area contributed by atoms with Crippen LogP contribution in [-0.4, -0.2) is 28.1 Å². The van der Waals surface area contributed by atoms with Crippen LogP contribution in [0.5, 0.6) is 0 Å². The first-order valence-electron chi connectivity index (χ1n) is 3.97. The average Bonchev–Trinajstić information content (AvgIpc) is 2.59. The van der Waals surface area contributed by atoms with Crippen LogP contribution in [0.3, 0.4) is 0 Å². The predicted octanol–water partition coefficient (Wildman–Crippen LogP) is -0.0268. The van der Waals surface area contributed by atoms with Gasteiger partial charge in [-0.05, 0) is 6.54 Å². The maximum atomic E-state index is 13.9. The molecule has 1 N–H and O–H groups in total. The van der Waals surface area contributed by atoms with Crippen molar-refractivity contribution in [1.82, 2.24) is 20.3 Å². The Morgan fingerprint density at radius 1 is 1.75 bits per heavy atom. The summed E-state index contributed by atoms with van der Waals surface area (Å²) in [4.78, 5) is 0. The third-order valence-electron chi connectivity index (χ3n) is 2.16. The summed E-state index contributed by atoms with van der Waals surface area (Å²) in [5.41, 5.74) is -0.858. The zero-order valence-corrected chi connectivity index (χ0v) is 6.92. The van der Waals surface area contributed by atoms with Crippen molar-refractivity contribution in [1.29, 1.82) is 0 Å². The molecule has 0 bridgehead atoms. The van der Waals surface area contributed by atoms with Crippen LogP contribution in [0.25, 0.3) is 0 Å². The molecule has 0 amide bonds. The molecule has 4 nitrogen and oxygen atoms in total. The van der Waals surface area contributed by atoms with Crippen LogP contribution in [0.15, 0.2) is 6.20 Å². The van der Waals surface area contributed by atoms with Crippen molar-refractivity contribution in [3.8, 4) is 0 Å². The van der Waals surface area contributed by atoms with Gasteiger partial charge in [0.05, 0.1) is 6.20 Å². The van der Waals surface area contributed by atoms with E-state index in [4.69, 9.17) is 0 Å². The Morgan fingerprint density at radius 3 is 3.08 bits per heavy atom. The van der Waals surface area contributed by atoms with E-state index >= 15 is 0 Å². The molecule has 1 aliphatic rings. The lowest BCUT2D eigenvalue weighted by molar-refractivity contribution is 0.186. The van der Waals surface area contributed by atoms with Gasteiger partial charge in [0.1, 0.15) is 5.69 Å². The van der Waals surface area contributed by atoms with Crippen LogP contribution >= 0.6 is 0 Å². The lowest BCUT2D eigenvalue weighted by Gasteiger charge is -2.13. The maximum Gasteiger partial charge on any atom is 0.169 e. The van der Waals surface area contributed by atoms with Gasteiger partial charge in [0, 0.05) is 20.0 Å². The van der Waals surface area contributed by atoms with E-state index in [1.165, 1.54) is 4.68 Å². The minimum Gasteiger partial charge on any atom is -0.313 e. The molecule has 1 atom stereocenters. The number of aryl methyl sites for hydroxylation is 1. The monoisotopic (exact) mass is 170 g/mol. The Balaban J connectivity index is 2.28. The summed E-state index contributed by atoms with van der Waals surface area (Å²) < 4.78 is 15.4. The molecule has 2 heterocycles. The smallest absolute Gasteiger partial charge is 0.169 e. The van der Waals surface area contributed by atoms with E-state index < -0.39 is 5.67 Å². The second kappa shape index (κ2) is 2.52. The molecular weight excluding hydrogens is 159 g/mol. The van der Waals surface area contributed by atoms with Gasteiger partial charge >= 0.3 is 0 Å². The van der Waals surface area contributed by atoms with Crippen LogP contribution in [-0.2, 0) is 12.7 Å². The van der Waals surface area contributed by atoms with Crippen molar-refractivity contribution < 1.29 is 4.39 Å². The summed E-state index contributed by atoms with van der Waals surface area (Å²) in [6.07, 6.45) is 2.12. The lowest BCUT2D eigenvalue weighted by Crippen LogP contribution is -2.23. The van der Waals surface area contributed by atoms with Crippen LogP contribution in [0, 0.1) is 0 Å². The summed E-state index contributed by atoms with van der Waals surface area (Å²) in [6.45, 7) is 1.07. The molecule has 1 aromatic heterocycles. The first-order valence-corrected chi connectivity index (χ1v) is 3.97. The molecule has 5 heteroatoms. The van der Waals surface area contributed by atoms with Crippen LogP contribution in [0.1, 0.15) is 12.1 Å². The summed E-state index contributed by atoms with van der Waals surface area (Å²) >= 11 is 0. The molecule has 0 aliphatic carbocycles. The zero-order chi connectivity index (χ0) is 8.60. The SMILES string of the molecule is Cn1cc(C2(F)CCNC2)nn1. The number of aromatic nitrogens is 3. The van der Waals surface area contributed by atoms with Gasteiger partial charge in [-0.2, -0.15) is 0 Å². The highest BCUT2D eigenvalue weighted by Gasteiger charge is 2.38. The standard InChI is InChI=1S/C7H11FN4/c1-12-4-6(10-11-12)7(8)2-3-9-5-7/h4,9H,2-3,5H2,1H3. The Bertz CT molecular complexity index is 277. The minimum atomic E-state index is -1.30. The number of nitrogens with zero attached hydrogens (tertiary/aromatic N) is 3. The Morgan fingerprint density at radius 2 is 2.58 bits per heavy atom. The number of nitrogens with one attached hydrogen (secondary N) is 1. The third kappa shape index (κ3) is 1.10. The second-order valence-electron chi connectivity index (χ2n) is 3.17. The normalized spacial score (nSPS) is 29.5. The molecule has 0 saturated carbocycles. The maximum absolute atomic E-state index is 13.9. The van der Waals surface area contributed by atoms with Gasteiger partial charge in [0.25, 0.3) is 0 Å². The fourth-order valence-corrected chi connectivity index (χ4v) is 1.43. The summed E-state index contributed by atoms with van der Waals surface area (Å²) in [6, 6.07) is 0. The first kappa shape index (κ1) is 7.67. The van der Waals surface area contributed by atoms with E-state index in [1.807, 2.05) is 0 Å². The average molecular weight is 170 g/mol. The number of halogens is 1. The quantitative estimate of drug-likeness (QED) is 0.643. The summed E-state index contributed by atoms with van der Waals surface area (Å²) in [5.74, 6) is 0. The minimum absolute atomic E-state index is 0.353. The second-order valence-corrected chi connectivity index (χ2v) is 3.17. The van der Waals surface area contributed by atoms with Gasteiger partial charge < -0.3 is 5.32 Å². The van der Waals surface area contributed by atoms with E-state index in [2.05, 4.69) is 15.6 Å². The molecule has 0 spiro atoms. The lowest BCUT2D eigenvalue weighted by atomic mass is 10.0. The first-order chi connectivity index (χ1) is 5.71. The molecule has 1 aliphatic heterocycles. The van der Waals surface area contributed by atoms with Crippen LogP contribution < -0.4 is 5.32 Å². The Labute approximate surface area is 69.8 Å². The predicted molar refractivity (Wildman–Crippen MR) is 41.3 cm³/mol. The molecule has 12 heavy (non-hydrogen) atoms. The topological polar surface area (TPSA) is 42.7 Å². The fourth-order valence-electron chi connectivity index (χ4n) is 1.43. The number of hydrogen-bond acceptors (Lipinski definition) is 3. The van der Waals surface area contributed by atoms with Crippen molar-refractivity contribution in [2.24, 2.45) is 7.05 Å². The zero-order valence-electron chi connectivity index (χ0n) is 6.92. The molecule has 1 aromatic rings. The molecule has 1 fully saturated rings. The molecule has 1 saturated heterocycles. The van der Waals surface area contributed by atoms with Crippen molar-refractivity contribution in [3.63, 3.8) is 0 Å². The van der Waals surface area contributed by atoms with Gasteiger partial charge in [-0.15, -0.1) is 5.10 Å². The van der Waals surface area contributed by atoms with Crippen LogP contribution in [0.2, 0.25) is 0 Å². The van der Waals surface area contributed by atoms with Gasteiger partial charge in [-0.3, -0.25) is 4.68 Å². The van der Waals surface area contributed by atoms with Gasteiger partial charge in [0.15, 0.2) is 5.67 Å². The number of hydrogen-bond donors (Lipinski definition) is 1. The van der Waals surface area contributed by atoms with Crippen molar-refractivity contribution in [3.05, 3.63) is 11.9 Å². The highest BCUT2D eigenvalue weighted by Crippen LogP contribution is 2.29. The van der Waals surface area contributed by atoms with E-state index in [1.54, 1.807) is 13.2 Å². The molecule has 0 radical (unpaired) electrons. The summed E-state index contributed by atoms with van der Waals surface area (Å²) in [5, 5.41) is 10.4. The van der Waals surface area contributed by atoms with Gasteiger partial charge in [0.2, 0.25) is 0 Å². The Kier molecular flexibility index (Phi) is 1.61. The number of rotatable bonds is 1. The van der Waals surface area contributed by atoms with Crippen molar-refractivity contribution in [2.75, 3.05) is 13.1 Å². The highest BCUT2D eigenvalue weighted by atomic mass is 19.1. The van der Waals surface area contributed by atoms with Gasteiger partial charge in [-0.25, -0.2) is 4.39 Å². The van der Waals surface area contributed by atoms with Gasteiger partial charge in [-0.1, -0.05) is 5.21 Å². The van der Waals surface area contributed by atoms with E-state index in [-0.39, 0.29) is 0 Å². The third-order valence-corrected chi connectivity index (χ3v) is 2.16. The molecule has 66 valence electrons. The van der Waals surface area contributed by atoms with E-state index in [9.17, 15) is 4.39 Å². The largest absolute Gasteiger partial charge is 0.313 e. The number of alkyl halides is 1. The summed E-state index contributed by atoms with van der Waals surface area (Å²) in [7, 11) is 1.74. The molecule has 2 rings (SSSR count). The van der Waals surface area contributed by atoms with Crippen molar-refractivity contribution in [2.45, 2.75) is 12.1 Å². The van der Waals surface area contributed by atoms with Crippen molar-refractivity contribution >= 4 is 0 Å².